The van der Waals surface area contributed by atoms with Crippen LogP contribution in [-0.2, 0) is 5.41 Å². The van der Waals surface area contributed by atoms with Crippen molar-refractivity contribution in [2.45, 2.75) is 51.3 Å². The lowest BCUT2D eigenvalue weighted by Gasteiger charge is -2.42. The number of aromatic hydroxyl groups is 1. The molecule has 2 aromatic carbocycles. The normalized spacial score (nSPS) is 16.3. The Kier molecular flexibility index (Phi) is 5.67. The van der Waals surface area contributed by atoms with E-state index in [1.807, 2.05) is 25.1 Å². The molecule has 0 amide bonds. The van der Waals surface area contributed by atoms with E-state index in [0.29, 0.717) is 16.8 Å². The molecule has 30 heavy (non-hydrogen) atoms. The van der Waals surface area contributed by atoms with Crippen molar-refractivity contribution in [3.8, 4) is 5.75 Å². The molecule has 0 fully saturated rings. The van der Waals surface area contributed by atoms with E-state index in [-0.39, 0.29) is 12.3 Å². The highest BCUT2D eigenvalue weighted by atomic mass is 19.4. The van der Waals surface area contributed by atoms with Crippen molar-refractivity contribution in [3.05, 3.63) is 64.7 Å². The minimum atomic E-state index is -4.84. The molecule has 6 heteroatoms. The molecule has 2 aromatic rings. The average molecular weight is 419 g/mol. The SMILES string of the molecule is Cc1cc(C)c(O)c(C(C)(C)CC(O)(CN2CC=Cc3ccccc32)C(F)(F)F)c1. The summed E-state index contributed by atoms with van der Waals surface area (Å²) in [5, 5.41) is 21.5. The molecule has 2 N–H and O–H groups in total. The van der Waals surface area contributed by atoms with Crippen LogP contribution in [-0.4, -0.2) is 35.1 Å². The van der Waals surface area contributed by atoms with Gasteiger partial charge in [-0.2, -0.15) is 13.2 Å². The van der Waals surface area contributed by atoms with Crippen molar-refractivity contribution >= 4 is 11.8 Å². The number of benzene rings is 2. The molecule has 0 aliphatic carbocycles. The van der Waals surface area contributed by atoms with Crippen LogP contribution in [0.1, 0.15) is 42.5 Å². The number of hydrogen-bond acceptors (Lipinski definition) is 3. The molecule has 0 saturated carbocycles. The van der Waals surface area contributed by atoms with Crippen LogP contribution in [0.3, 0.4) is 0 Å². The molecule has 1 heterocycles. The van der Waals surface area contributed by atoms with E-state index in [1.54, 1.807) is 56.0 Å². The molecule has 1 aliphatic heterocycles. The fourth-order valence-corrected chi connectivity index (χ4v) is 4.34. The summed E-state index contributed by atoms with van der Waals surface area (Å²) in [6, 6.07) is 10.7. The number of aliphatic hydroxyl groups is 1. The average Bonchev–Trinajstić information content (AvgIpc) is 2.63. The number of aryl methyl sites for hydroxylation is 2. The minimum absolute atomic E-state index is 0.0265. The van der Waals surface area contributed by atoms with E-state index < -0.39 is 30.2 Å². The largest absolute Gasteiger partial charge is 0.507 e. The molecular weight excluding hydrogens is 391 g/mol. The number of halogens is 3. The van der Waals surface area contributed by atoms with E-state index in [4.69, 9.17) is 0 Å². The van der Waals surface area contributed by atoms with E-state index in [0.717, 1.165) is 11.1 Å². The molecule has 0 bridgehead atoms. The second-order valence-electron chi connectivity index (χ2n) is 8.91. The molecule has 1 atom stereocenters. The Morgan fingerprint density at radius 3 is 2.40 bits per heavy atom. The third-order valence-electron chi connectivity index (χ3n) is 5.79. The number of nitrogens with zero attached hydrogens (tertiary/aromatic N) is 1. The van der Waals surface area contributed by atoms with Crippen molar-refractivity contribution in [2.75, 3.05) is 18.0 Å². The Morgan fingerprint density at radius 1 is 1.07 bits per heavy atom. The van der Waals surface area contributed by atoms with Crippen LogP contribution in [0.5, 0.6) is 5.75 Å². The van der Waals surface area contributed by atoms with Gasteiger partial charge in [0.15, 0.2) is 5.60 Å². The first-order valence-corrected chi connectivity index (χ1v) is 9.94. The zero-order valence-electron chi connectivity index (χ0n) is 17.7. The highest BCUT2D eigenvalue weighted by Gasteiger charge is 2.57. The van der Waals surface area contributed by atoms with Crippen molar-refractivity contribution in [1.29, 1.82) is 0 Å². The molecule has 1 unspecified atom stereocenters. The van der Waals surface area contributed by atoms with Crippen LogP contribution in [0.25, 0.3) is 6.08 Å². The fourth-order valence-electron chi connectivity index (χ4n) is 4.34. The maximum atomic E-state index is 14.2. The van der Waals surface area contributed by atoms with Gasteiger partial charge in [0.2, 0.25) is 0 Å². The second kappa shape index (κ2) is 7.65. The summed E-state index contributed by atoms with van der Waals surface area (Å²) >= 11 is 0. The maximum absolute atomic E-state index is 14.2. The van der Waals surface area contributed by atoms with Crippen molar-refractivity contribution in [3.63, 3.8) is 0 Å². The van der Waals surface area contributed by atoms with Gasteiger partial charge in [-0.25, -0.2) is 0 Å². The number of rotatable bonds is 5. The molecule has 162 valence electrons. The highest BCUT2D eigenvalue weighted by molar-refractivity contribution is 5.71. The van der Waals surface area contributed by atoms with Gasteiger partial charge in [0.1, 0.15) is 5.75 Å². The van der Waals surface area contributed by atoms with Gasteiger partial charge in [-0.15, -0.1) is 0 Å². The number of hydrogen-bond donors (Lipinski definition) is 2. The first-order chi connectivity index (χ1) is 13.8. The number of β-amino-alcohol motifs (C(OH)–C–C–N with tert-alkyl or cyclic N) is 1. The summed E-state index contributed by atoms with van der Waals surface area (Å²) < 4.78 is 42.5. The lowest BCUT2D eigenvalue weighted by atomic mass is 9.73. The predicted octanol–water partition coefficient (Wildman–Crippen LogP) is 5.50. The van der Waals surface area contributed by atoms with E-state index in [9.17, 15) is 23.4 Å². The Morgan fingerprint density at radius 2 is 1.73 bits per heavy atom. The molecule has 1 aliphatic rings. The van der Waals surface area contributed by atoms with Crippen LogP contribution in [0, 0.1) is 13.8 Å². The first-order valence-electron chi connectivity index (χ1n) is 9.94. The van der Waals surface area contributed by atoms with E-state index in [1.165, 1.54) is 0 Å². The van der Waals surface area contributed by atoms with E-state index in [2.05, 4.69) is 0 Å². The Labute approximate surface area is 175 Å². The Balaban J connectivity index is 1.98. The minimum Gasteiger partial charge on any atom is -0.507 e. The van der Waals surface area contributed by atoms with Crippen LogP contribution < -0.4 is 4.90 Å². The van der Waals surface area contributed by atoms with Gasteiger partial charge in [0.05, 0.1) is 6.54 Å². The van der Waals surface area contributed by atoms with Crippen LogP contribution in [0.2, 0.25) is 0 Å². The summed E-state index contributed by atoms with van der Waals surface area (Å²) in [5.74, 6) is -0.0265. The van der Waals surface area contributed by atoms with Gasteiger partial charge in [-0.3, -0.25) is 0 Å². The van der Waals surface area contributed by atoms with Crippen molar-refractivity contribution in [1.82, 2.24) is 0 Å². The molecule has 0 aromatic heterocycles. The summed E-state index contributed by atoms with van der Waals surface area (Å²) in [6.07, 6.45) is -1.76. The first kappa shape index (κ1) is 22.2. The van der Waals surface area contributed by atoms with Crippen LogP contribution in [0.15, 0.2) is 42.5 Å². The lowest BCUT2D eigenvalue weighted by molar-refractivity contribution is -0.262. The highest BCUT2D eigenvalue weighted by Crippen LogP contribution is 2.45. The number of para-hydroxylation sites is 1. The summed E-state index contributed by atoms with van der Waals surface area (Å²) in [5.41, 5.74) is -0.742. The third kappa shape index (κ3) is 4.19. The van der Waals surface area contributed by atoms with Gasteiger partial charge in [-0.05, 0) is 42.9 Å². The van der Waals surface area contributed by atoms with Gasteiger partial charge >= 0.3 is 6.18 Å². The molecule has 3 nitrogen and oxygen atoms in total. The fraction of sp³-hybridized carbons (Fsp3) is 0.417. The van der Waals surface area contributed by atoms with Gasteiger partial charge < -0.3 is 15.1 Å². The van der Waals surface area contributed by atoms with Crippen LogP contribution in [0.4, 0.5) is 18.9 Å². The monoisotopic (exact) mass is 419 g/mol. The lowest BCUT2D eigenvalue weighted by Crippen LogP contribution is -2.56. The Hall–Kier alpha value is -2.47. The van der Waals surface area contributed by atoms with Gasteiger partial charge in [-0.1, -0.05) is 61.9 Å². The summed E-state index contributed by atoms with van der Waals surface area (Å²) in [4.78, 5) is 1.56. The van der Waals surface area contributed by atoms with E-state index >= 15 is 0 Å². The standard InChI is InChI=1S/C24H28F3NO2/c1-16-12-17(2)21(29)19(13-16)22(3,4)14-23(30,24(25,26)27)15-28-11-7-9-18-8-5-6-10-20(18)28/h5-10,12-13,29-30H,11,14-15H2,1-4H3. The third-order valence-corrected chi connectivity index (χ3v) is 5.79. The molecular formula is C24H28F3NO2. The van der Waals surface area contributed by atoms with Crippen molar-refractivity contribution in [2.24, 2.45) is 0 Å². The van der Waals surface area contributed by atoms with Gasteiger partial charge in [0, 0.05) is 17.8 Å². The zero-order chi connectivity index (χ0) is 22.3. The van der Waals surface area contributed by atoms with Crippen LogP contribution >= 0.6 is 0 Å². The second-order valence-corrected chi connectivity index (χ2v) is 8.91. The number of phenols is 1. The van der Waals surface area contributed by atoms with Crippen molar-refractivity contribution < 1.29 is 23.4 Å². The number of phenolic OH excluding ortho intramolecular Hbond substituents is 1. The summed E-state index contributed by atoms with van der Waals surface area (Å²) in [6.45, 7) is 6.49. The summed E-state index contributed by atoms with van der Waals surface area (Å²) in [7, 11) is 0. The zero-order valence-corrected chi connectivity index (χ0v) is 17.7. The number of fused-ring (bicyclic) bond motifs is 1. The Bertz CT molecular complexity index is 965. The number of anilines is 1. The van der Waals surface area contributed by atoms with Gasteiger partial charge in [0.25, 0.3) is 0 Å². The molecule has 0 radical (unpaired) electrons. The molecule has 0 spiro atoms. The smallest absolute Gasteiger partial charge is 0.418 e. The topological polar surface area (TPSA) is 43.7 Å². The quantitative estimate of drug-likeness (QED) is 0.672. The molecule has 0 saturated heterocycles. The maximum Gasteiger partial charge on any atom is 0.418 e. The number of alkyl halides is 3. The molecule has 3 rings (SSSR count). The predicted molar refractivity (Wildman–Crippen MR) is 114 cm³/mol.